The highest BCUT2D eigenvalue weighted by atomic mass is 16.5. The van der Waals surface area contributed by atoms with Crippen LogP contribution in [0.4, 0.5) is 5.82 Å². The van der Waals surface area contributed by atoms with Crippen molar-refractivity contribution in [2.75, 3.05) is 12.3 Å². The average Bonchev–Trinajstić information content (AvgIpc) is 2.75. The minimum atomic E-state index is -0.444. The summed E-state index contributed by atoms with van der Waals surface area (Å²) >= 11 is 0. The lowest BCUT2D eigenvalue weighted by Gasteiger charge is -2.06. The van der Waals surface area contributed by atoms with Gasteiger partial charge in [0.05, 0.1) is 12.9 Å². The van der Waals surface area contributed by atoms with Crippen molar-refractivity contribution in [3.05, 3.63) is 12.0 Å². The maximum Gasteiger partial charge on any atom is 0.360 e. The molecule has 0 aliphatic rings. The number of carbonyl (C=O) groups is 1. The molecule has 114 valence electrons. The number of anilines is 1. The number of unbranched alkanes of at least 4 members (excludes halogenated alkanes) is 3. The number of imidazole rings is 1. The molecule has 0 fully saturated rings. The third-order valence-corrected chi connectivity index (χ3v) is 3.28. The zero-order valence-electron chi connectivity index (χ0n) is 12.9. The minimum Gasteiger partial charge on any atom is -0.461 e. The van der Waals surface area contributed by atoms with Crippen molar-refractivity contribution in [3.8, 4) is 0 Å². The topological polar surface area (TPSA) is 70.1 Å². The van der Waals surface area contributed by atoms with Crippen molar-refractivity contribution in [2.24, 2.45) is 5.92 Å². The Balaban J connectivity index is 2.32. The van der Waals surface area contributed by atoms with E-state index >= 15 is 0 Å². The number of nitrogens with zero attached hydrogens (tertiary/aromatic N) is 2. The summed E-state index contributed by atoms with van der Waals surface area (Å²) < 4.78 is 6.74. The first-order chi connectivity index (χ1) is 9.56. The Kier molecular flexibility index (Phi) is 7.12. The van der Waals surface area contributed by atoms with E-state index in [0.717, 1.165) is 18.9 Å². The van der Waals surface area contributed by atoms with Gasteiger partial charge in [0.25, 0.3) is 0 Å². The number of hydrogen-bond donors (Lipinski definition) is 1. The molecule has 0 bridgehead atoms. The Morgan fingerprint density at radius 2 is 2.05 bits per heavy atom. The minimum absolute atomic E-state index is 0.228. The van der Waals surface area contributed by atoms with Crippen LogP contribution in [-0.2, 0) is 11.3 Å². The van der Waals surface area contributed by atoms with Crippen LogP contribution >= 0.6 is 0 Å². The molecule has 0 aliphatic heterocycles. The van der Waals surface area contributed by atoms with Crippen LogP contribution in [0.25, 0.3) is 0 Å². The van der Waals surface area contributed by atoms with Gasteiger partial charge in [0.15, 0.2) is 5.69 Å². The zero-order valence-corrected chi connectivity index (χ0v) is 12.9. The highest BCUT2D eigenvalue weighted by molar-refractivity contribution is 5.92. The fourth-order valence-electron chi connectivity index (χ4n) is 2.11. The van der Waals surface area contributed by atoms with Crippen LogP contribution in [0.15, 0.2) is 6.33 Å². The molecule has 5 nitrogen and oxygen atoms in total. The van der Waals surface area contributed by atoms with E-state index in [9.17, 15) is 4.79 Å². The van der Waals surface area contributed by atoms with Crippen molar-refractivity contribution in [1.82, 2.24) is 9.55 Å². The molecule has 20 heavy (non-hydrogen) atoms. The predicted octanol–water partition coefficient (Wildman–Crippen LogP) is 3.25. The van der Waals surface area contributed by atoms with Gasteiger partial charge in [-0.05, 0) is 19.3 Å². The predicted molar refractivity (Wildman–Crippen MR) is 80.5 cm³/mol. The molecule has 1 aromatic heterocycles. The molecule has 0 amide bonds. The summed E-state index contributed by atoms with van der Waals surface area (Å²) in [6.45, 7) is 7.41. The lowest BCUT2D eigenvalue weighted by atomic mass is 10.0. The molecule has 2 N–H and O–H groups in total. The van der Waals surface area contributed by atoms with Gasteiger partial charge >= 0.3 is 5.97 Å². The van der Waals surface area contributed by atoms with Crippen LogP contribution in [0, 0.1) is 5.92 Å². The number of esters is 1. The van der Waals surface area contributed by atoms with Crippen LogP contribution in [-0.4, -0.2) is 22.1 Å². The third-order valence-electron chi connectivity index (χ3n) is 3.28. The van der Waals surface area contributed by atoms with Crippen molar-refractivity contribution in [1.29, 1.82) is 0 Å². The van der Waals surface area contributed by atoms with Gasteiger partial charge in [-0.25, -0.2) is 9.78 Å². The van der Waals surface area contributed by atoms with Gasteiger partial charge in [0.2, 0.25) is 0 Å². The number of hydrogen-bond acceptors (Lipinski definition) is 4. The third kappa shape index (κ3) is 5.23. The number of aryl methyl sites for hydroxylation is 1. The number of aromatic nitrogens is 2. The highest BCUT2D eigenvalue weighted by Gasteiger charge is 2.16. The van der Waals surface area contributed by atoms with E-state index in [1.54, 1.807) is 13.3 Å². The Morgan fingerprint density at radius 3 is 2.70 bits per heavy atom. The highest BCUT2D eigenvalue weighted by Crippen LogP contribution is 2.14. The van der Waals surface area contributed by atoms with E-state index in [2.05, 4.69) is 18.8 Å². The number of carbonyl (C=O) groups excluding carboxylic acids is 1. The second-order valence-corrected chi connectivity index (χ2v) is 5.49. The number of rotatable bonds is 9. The van der Waals surface area contributed by atoms with Gasteiger partial charge in [-0.1, -0.05) is 39.5 Å². The fraction of sp³-hybridized carbons (Fsp3) is 0.733. The van der Waals surface area contributed by atoms with Gasteiger partial charge in [0.1, 0.15) is 5.82 Å². The maximum atomic E-state index is 11.6. The zero-order chi connectivity index (χ0) is 15.0. The quantitative estimate of drug-likeness (QED) is 0.557. The van der Waals surface area contributed by atoms with Crippen molar-refractivity contribution >= 4 is 11.8 Å². The standard InChI is InChI=1S/C15H27N3O2/c1-4-20-15(19)13-14(16)18(11-17-13)10-8-6-5-7-9-12(2)3/h11-12H,4-10,16H2,1-3H3. The summed E-state index contributed by atoms with van der Waals surface area (Å²) in [5.41, 5.74) is 6.14. The number of nitrogen functional groups attached to an aromatic ring is 1. The second-order valence-electron chi connectivity index (χ2n) is 5.49. The Hall–Kier alpha value is -1.52. The van der Waals surface area contributed by atoms with Crippen molar-refractivity contribution < 1.29 is 9.53 Å². The first-order valence-corrected chi connectivity index (χ1v) is 7.54. The van der Waals surface area contributed by atoms with E-state index in [1.165, 1.54) is 25.7 Å². The molecule has 0 saturated heterocycles. The maximum absolute atomic E-state index is 11.6. The molecule has 0 aromatic carbocycles. The average molecular weight is 281 g/mol. The first-order valence-electron chi connectivity index (χ1n) is 7.54. The molecule has 0 saturated carbocycles. The summed E-state index contributed by atoms with van der Waals surface area (Å²) in [6.07, 6.45) is 7.68. The van der Waals surface area contributed by atoms with E-state index in [-0.39, 0.29) is 5.69 Å². The van der Waals surface area contributed by atoms with Crippen LogP contribution < -0.4 is 5.73 Å². The van der Waals surface area contributed by atoms with Crippen molar-refractivity contribution in [2.45, 2.75) is 59.4 Å². The molecule has 1 aromatic rings. The molecule has 0 atom stereocenters. The Morgan fingerprint density at radius 1 is 1.35 bits per heavy atom. The monoisotopic (exact) mass is 281 g/mol. The molecule has 0 spiro atoms. The molecular formula is C15H27N3O2. The summed E-state index contributed by atoms with van der Waals surface area (Å²) in [7, 11) is 0. The molecule has 0 radical (unpaired) electrons. The first kappa shape index (κ1) is 16.5. The van der Waals surface area contributed by atoms with E-state index in [0.29, 0.717) is 12.4 Å². The summed E-state index contributed by atoms with van der Waals surface area (Å²) in [5, 5.41) is 0. The van der Waals surface area contributed by atoms with Gasteiger partial charge in [0, 0.05) is 6.54 Å². The Labute approximate surface area is 121 Å². The number of ether oxygens (including phenoxy) is 1. The molecule has 5 heteroatoms. The normalized spacial score (nSPS) is 11.0. The summed E-state index contributed by atoms with van der Waals surface area (Å²) in [6, 6.07) is 0. The lowest BCUT2D eigenvalue weighted by molar-refractivity contribution is 0.0521. The van der Waals surface area contributed by atoms with Crippen LogP contribution in [0.3, 0.4) is 0 Å². The van der Waals surface area contributed by atoms with Crippen LogP contribution in [0.1, 0.15) is 63.4 Å². The van der Waals surface area contributed by atoms with Gasteiger partial charge in [-0.2, -0.15) is 0 Å². The smallest absolute Gasteiger partial charge is 0.360 e. The van der Waals surface area contributed by atoms with Gasteiger partial charge in [-0.3, -0.25) is 0 Å². The molecule has 0 aliphatic carbocycles. The molecular weight excluding hydrogens is 254 g/mol. The van der Waals surface area contributed by atoms with Gasteiger partial charge < -0.3 is 15.0 Å². The second kappa shape index (κ2) is 8.61. The summed E-state index contributed by atoms with van der Waals surface area (Å²) in [4.78, 5) is 15.6. The molecule has 1 rings (SSSR count). The number of nitrogens with two attached hydrogens (primary N) is 1. The SMILES string of the molecule is CCOC(=O)c1ncn(CCCCCCC(C)C)c1N. The van der Waals surface area contributed by atoms with Gasteiger partial charge in [-0.15, -0.1) is 0 Å². The largest absolute Gasteiger partial charge is 0.461 e. The van der Waals surface area contributed by atoms with E-state index in [4.69, 9.17) is 10.5 Å². The van der Waals surface area contributed by atoms with Crippen molar-refractivity contribution in [3.63, 3.8) is 0 Å². The summed E-state index contributed by atoms with van der Waals surface area (Å²) in [5.74, 6) is 0.748. The van der Waals surface area contributed by atoms with E-state index < -0.39 is 5.97 Å². The molecule has 0 unspecified atom stereocenters. The molecule has 1 heterocycles. The van der Waals surface area contributed by atoms with Crippen LogP contribution in [0.5, 0.6) is 0 Å². The lowest BCUT2D eigenvalue weighted by Crippen LogP contribution is -2.10. The fourth-order valence-corrected chi connectivity index (χ4v) is 2.11. The Bertz CT molecular complexity index is 413. The van der Waals surface area contributed by atoms with Crippen LogP contribution in [0.2, 0.25) is 0 Å². The van der Waals surface area contributed by atoms with E-state index in [1.807, 2.05) is 4.57 Å².